The van der Waals surface area contributed by atoms with Crippen molar-refractivity contribution in [3.8, 4) is 5.75 Å². The zero-order chi connectivity index (χ0) is 40.8. The second-order valence-electron chi connectivity index (χ2n) is 14.0. The van der Waals surface area contributed by atoms with Crippen LogP contribution in [-0.2, 0) is 23.0 Å². The van der Waals surface area contributed by atoms with E-state index in [2.05, 4.69) is 20.6 Å². The summed E-state index contributed by atoms with van der Waals surface area (Å²) in [5.41, 5.74) is 2.39. The summed E-state index contributed by atoms with van der Waals surface area (Å²) in [6.07, 6.45) is 4.74. The van der Waals surface area contributed by atoms with Crippen molar-refractivity contribution >= 4 is 50.5 Å². The third-order valence-electron chi connectivity index (χ3n) is 9.60. The molecule has 17 heteroatoms. The highest BCUT2D eigenvalue weighted by atomic mass is 32.2. The normalized spacial score (nSPS) is 13.1. The molecule has 7 rings (SSSR count). The Labute approximate surface area is 334 Å². The number of aromatic nitrogens is 3. The average molecular weight is 804 g/mol. The number of hydrogen-bond acceptors (Lipinski definition) is 12. The number of nitrogens with one attached hydrogen (secondary N) is 3. The molecule has 3 N–H and O–H groups in total. The molecule has 0 radical (unpaired) electrons. The van der Waals surface area contributed by atoms with Crippen molar-refractivity contribution in [2.45, 2.75) is 30.3 Å². The lowest BCUT2D eigenvalue weighted by molar-refractivity contribution is -0.384. The minimum atomic E-state index is -4.57. The second kappa shape index (κ2) is 17.1. The Morgan fingerprint density at radius 3 is 2.52 bits per heavy atom. The molecule has 1 aliphatic heterocycles. The number of carbonyl (C=O) groups excluding carboxylic acids is 2. The van der Waals surface area contributed by atoms with Crippen LogP contribution in [0.3, 0.4) is 0 Å². The Morgan fingerprint density at radius 2 is 1.74 bits per heavy atom. The van der Waals surface area contributed by atoms with Crippen LogP contribution in [0.1, 0.15) is 38.4 Å². The maximum atomic E-state index is 13.5. The number of para-hydroxylation sites is 1. The van der Waals surface area contributed by atoms with E-state index in [9.17, 15) is 28.1 Å². The standard InChI is InChI=1S/C41H41N9O7S/c1-47(2)22-20-29(27-57-30-11-4-3-5-12-30)42-34-18-17-31(24-36(34)50(53)54)58(55,56)46-41(52)35-14-9-16-38(43-35)49-23-19-28-10-8-13-32(33(28)25-49)40(51)45-37-26-48-21-7-6-15-39(48)44-37/h3-18,21,24,26,29,42H,19-20,22-23,25,27H2,1-2H3,(H,45,51)(H,46,52)/t29-/m1/s1. The molecular formula is C41H41N9O7S. The maximum Gasteiger partial charge on any atom is 0.293 e. The van der Waals surface area contributed by atoms with Crippen LogP contribution in [0, 0.1) is 10.1 Å². The summed E-state index contributed by atoms with van der Waals surface area (Å²) >= 11 is 0. The molecule has 4 heterocycles. The second-order valence-corrected chi connectivity index (χ2v) is 15.7. The predicted octanol–water partition coefficient (Wildman–Crippen LogP) is 5.38. The third kappa shape index (κ3) is 9.22. The number of pyridine rings is 2. The number of fused-ring (bicyclic) bond motifs is 2. The highest BCUT2D eigenvalue weighted by molar-refractivity contribution is 7.90. The predicted molar refractivity (Wildman–Crippen MR) is 219 cm³/mol. The van der Waals surface area contributed by atoms with E-state index in [0.29, 0.717) is 61.1 Å². The molecule has 0 unspecified atom stereocenters. The van der Waals surface area contributed by atoms with E-state index in [4.69, 9.17) is 4.74 Å². The molecule has 0 spiro atoms. The van der Waals surface area contributed by atoms with Crippen LogP contribution in [0.5, 0.6) is 5.75 Å². The van der Waals surface area contributed by atoms with E-state index in [1.54, 1.807) is 24.4 Å². The monoisotopic (exact) mass is 803 g/mol. The lowest BCUT2D eigenvalue weighted by Crippen LogP contribution is -2.34. The van der Waals surface area contributed by atoms with Crippen LogP contribution in [0.25, 0.3) is 5.65 Å². The lowest BCUT2D eigenvalue weighted by atomic mass is 9.94. The van der Waals surface area contributed by atoms with E-state index < -0.39 is 31.4 Å². The van der Waals surface area contributed by atoms with E-state index in [1.165, 1.54) is 18.2 Å². The molecule has 0 bridgehead atoms. The Hall–Kier alpha value is -6.85. The molecule has 2 amide bonds. The van der Waals surface area contributed by atoms with Gasteiger partial charge in [0.05, 0.1) is 22.1 Å². The quantitative estimate of drug-likeness (QED) is 0.0888. The number of nitrogens with zero attached hydrogens (tertiary/aromatic N) is 6. The van der Waals surface area contributed by atoms with Gasteiger partial charge >= 0.3 is 0 Å². The average Bonchev–Trinajstić information content (AvgIpc) is 3.64. The number of sulfonamides is 1. The molecule has 3 aromatic heterocycles. The molecule has 0 aliphatic carbocycles. The highest BCUT2D eigenvalue weighted by Gasteiger charge is 2.27. The largest absolute Gasteiger partial charge is 0.491 e. The summed E-state index contributed by atoms with van der Waals surface area (Å²) in [7, 11) is -0.751. The zero-order valence-electron chi connectivity index (χ0n) is 31.7. The SMILES string of the molecule is CN(C)CC[C@H](COc1ccccc1)Nc1ccc(S(=O)(=O)NC(=O)c2cccc(N3CCc4cccc(C(=O)Nc5cn6ccccc6n5)c4C3)n2)cc1[N+](=O)[O-]. The van der Waals surface area contributed by atoms with Gasteiger partial charge in [-0.2, -0.15) is 0 Å². The number of benzene rings is 3. The number of amides is 2. The van der Waals surface area contributed by atoms with Gasteiger partial charge < -0.3 is 29.6 Å². The summed E-state index contributed by atoms with van der Waals surface area (Å²) in [5, 5.41) is 18.3. The lowest BCUT2D eigenvalue weighted by Gasteiger charge is -2.31. The first-order chi connectivity index (χ1) is 27.9. The van der Waals surface area contributed by atoms with Gasteiger partial charge in [-0.15, -0.1) is 0 Å². The van der Waals surface area contributed by atoms with Gasteiger partial charge in [0.25, 0.3) is 27.5 Å². The van der Waals surface area contributed by atoms with E-state index >= 15 is 0 Å². The number of nitro groups is 1. The van der Waals surface area contributed by atoms with E-state index in [1.807, 2.05) is 99.9 Å². The van der Waals surface area contributed by atoms with Gasteiger partial charge in [0, 0.05) is 30.9 Å². The van der Waals surface area contributed by atoms with Crippen molar-refractivity contribution in [3.05, 3.63) is 148 Å². The van der Waals surface area contributed by atoms with Gasteiger partial charge in [0.2, 0.25) is 0 Å². The van der Waals surface area contributed by atoms with Crippen molar-refractivity contribution < 1.29 is 27.7 Å². The number of anilines is 3. The molecule has 1 aliphatic rings. The molecule has 1 atom stereocenters. The van der Waals surface area contributed by atoms with Gasteiger partial charge in [-0.1, -0.05) is 42.5 Å². The fourth-order valence-electron chi connectivity index (χ4n) is 6.62. The summed E-state index contributed by atoms with van der Waals surface area (Å²) < 4.78 is 36.7. The Balaban J connectivity index is 1.04. The molecule has 298 valence electrons. The molecule has 58 heavy (non-hydrogen) atoms. The van der Waals surface area contributed by atoms with Crippen molar-refractivity contribution in [2.75, 3.05) is 49.3 Å². The molecule has 0 fully saturated rings. The number of hydrogen-bond donors (Lipinski definition) is 3. The topological polar surface area (TPSA) is 193 Å². The zero-order valence-corrected chi connectivity index (χ0v) is 32.6. The van der Waals surface area contributed by atoms with Crippen LogP contribution in [0.2, 0.25) is 0 Å². The van der Waals surface area contributed by atoms with Crippen LogP contribution in [-0.4, -0.2) is 84.3 Å². The van der Waals surface area contributed by atoms with Gasteiger partial charge in [0.15, 0.2) is 5.82 Å². The first-order valence-corrected chi connectivity index (χ1v) is 19.9. The minimum absolute atomic E-state index is 0.101. The Bertz CT molecular complexity index is 2550. The number of carbonyl (C=O) groups is 2. The first-order valence-electron chi connectivity index (χ1n) is 18.5. The summed E-state index contributed by atoms with van der Waals surface area (Å²) in [6.45, 7) is 1.69. The van der Waals surface area contributed by atoms with Crippen LogP contribution >= 0.6 is 0 Å². The van der Waals surface area contributed by atoms with Crippen LogP contribution < -0.4 is 25.0 Å². The van der Waals surface area contributed by atoms with Crippen molar-refractivity contribution in [3.63, 3.8) is 0 Å². The van der Waals surface area contributed by atoms with Gasteiger partial charge in [-0.25, -0.2) is 23.1 Å². The fraction of sp³-hybridized carbons (Fsp3) is 0.220. The van der Waals surface area contributed by atoms with Crippen molar-refractivity contribution in [2.24, 2.45) is 0 Å². The molecule has 16 nitrogen and oxygen atoms in total. The van der Waals surface area contributed by atoms with Crippen molar-refractivity contribution in [1.82, 2.24) is 24.0 Å². The summed E-state index contributed by atoms with van der Waals surface area (Å²) in [6, 6.07) is 28.0. The highest BCUT2D eigenvalue weighted by Crippen LogP contribution is 2.30. The van der Waals surface area contributed by atoms with Gasteiger partial charge in [-0.05, 0) is 99.2 Å². The molecule has 3 aromatic carbocycles. The summed E-state index contributed by atoms with van der Waals surface area (Å²) in [4.78, 5) is 50.8. The third-order valence-corrected chi connectivity index (χ3v) is 10.9. The Morgan fingerprint density at radius 1 is 0.948 bits per heavy atom. The number of nitro benzene ring substituents is 1. The maximum absolute atomic E-state index is 13.5. The Kier molecular flexibility index (Phi) is 11.6. The summed E-state index contributed by atoms with van der Waals surface area (Å²) in [5.74, 6) is 0.115. The molecule has 0 saturated carbocycles. The van der Waals surface area contributed by atoms with Crippen LogP contribution in [0.4, 0.5) is 23.0 Å². The number of imidazole rings is 1. The number of rotatable bonds is 15. The molecular weight excluding hydrogens is 763 g/mol. The minimum Gasteiger partial charge on any atom is -0.491 e. The van der Waals surface area contributed by atoms with Crippen molar-refractivity contribution in [1.29, 1.82) is 0 Å². The molecule has 6 aromatic rings. The van der Waals surface area contributed by atoms with E-state index in [-0.39, 0.29) is 29.9 Å². The molecule has 0 saturated heterocycles. The smallest absolute Gasteiger partial charge is 0.293 e. The number of ether oxygens (including phenoxy) is 1. The van der Waals surface area contributed by atoms with Crippen LogP contribution in [0.15, 0.2) is 120 Å². The van der Waals surface area contributed by atoms with Gasteiger partial charge in [0.1, 0.15) is 35.2 Å². The fourth-order valence-corrected chi connectivity index (χ4v) is 7.60. The van der Waals surface area contributed by atoms with E-state index in [0.717, 1.165) is 17.2 Å². The first kappa shape index (κ1) is 39.4. The van der Waals surface area contributed by atoms with Gasteiger partial charge in [-0.3, -0.25) is 19.7 Å².